The predicted molar refractivity (Wildman–Crippen MR) is 91.2 cm³/mol. The van der Waals surface area contributed by atoms with Crippen molar-refractivity contribution in [2.45, 2.75) is 19.9 Å². The number of aliphatic hydroxyl groups is 1. The largest absolute Gasteiger partial charge is 0.469 e. The van der Waals surface area contributed by atoms with E-state index in [1.807, 2.05) is 0 Å². The second-order valence-corrected chi connectivity index (χ2v) is 6.13. The molecule has 3 amide bonds. The molecule has 0 aromatic heterocycles. The van der Waals surface area contributed by atoms with Crippen molar-refractivity contribution in [3.8, 4) is 0 Å². The fourth-order valence-corrected chi connectivity index (χ4v) is 2.95. The Hall–Kier alpha value is -2.74. The van der Waals surface area contributed by atoms with Crippen LogP contribution in [-0.2, 0) is 14.3 Å². The number of rotatable bonds is 7. The Morgan fingerprint density at radius 1 is 1.15 bits per heavy atom. The second-order valence-electron chi connectivity index (χ2n) is 6.13. The van der Waals surface area contributed by atoms with Crippen molar-refractivity contribution in [3.05, 3.63) is 35.4 Å². The van der Waals surface area contributed by atoms with Gasteiger partial charge in [0.2, 0.25) is 5.91 Å². The smallest absolute Gasteiger partial charge is 0.310 e. The van der Waals surface area contributed by atoms with Crippen LogP contribution >= 0.6 is 0 Å². The molecule has 1 N–H and O–H groups in total. The molecule has 1 aliphatic heterocycles. The first-order valence-electron chi connectivity index (χ1n) is 8.27. The van der Waals surface area contributed by atoms with E-state index in [4.69, 9.17) is 0 Å². The van der Waals surface area contributed by atoms with Crippen LogP contribution in [0.1, 0.15) is 34.6 Å². The summed E-state index contributed by atoms with van der Waals surface area (Å²) in [6.45, 7) is 2.73. The maximum absolute atomic E-state index is 12.8. The molecule has 2 atom stereocenters. The van der Waals surface area contributed by atoms with Gasteiger partial charge in [-0.3, -0.25) is 24.1 Å². The van der Waals surface area contributed by atoms with Crippen molar-refractivity contribution in [3.63, 3.8) is 0 Å². The number of fused-ring (bicyclic) bond motifs is 1. The Morgan fingerprint density at radius 2 is 1.69 bits per heavy atom. The molecular formula is C18H22N2O6. The summed E-state index contributed by atoms with van der Waals surface area (Å²) < 4.78 is 4.65. The lowest BCUT2D eigenvalue weighted by Crippen LogP contribution is -2.51. The second kappa shape index (κ2) is 8.09. The highest BCUT2D eigenvalue weighted by molar-refractivity contribution is 6.22. The Labute approximate surface area is 151 Å². The van der Waals surface area contributed by atoms with E-state index in [2.05, 4.69) is 4.74 Å². The molecule has 1 aromatic rings. The lowest BCUT2D eigenvalue weighted by molar-refractivity contribution is -0.147. The van der Waals surface area contributed by atoms with E-state index in [0.717, 1.165) is 4.90 Å². The molecule has 0 aliphatic carbocycles. The van der Waals surface area contributed by atoms with Crippen LogP contribution in [0, 0.1) is 5.92 Å². The summed E-state index contributed by atoms with van der Waals surface area (Å²) in [5, 5.41) is 9.23. The zero-order valence-corrected chi connectivity index (χ0v) is 15.0. The van der Waals surface area contributed by atoms with Gasteiger partial charge in [-0.05, 0) is 19.1 Å². The number of imide groups is 1. The molecule has 8 heteroatoms. The van der Waals surface area contributed by atoms with Crippen molar-refractivity contribution in [2.24, 2.45) is 5.92 Å². The lowest BCUT2D eigenvalue weighted by Gasteiger charge is -2.30. The zero-order chi connectivity index (χ0) is 19.4. The van der Waals surface area contributed by atoms with E-state index in [-0.39, 0.29) is 30.8 Å². The molecule has 0 bridgehead atoms. The van der Waals surface area contributed by atoms with Gasteiger partial charge in [-0.2, -0.15) is 0 Å². The fraction of sp³-hybridized carbons (Fsp3) is 0.444. The number of aliphatic hydroxyl groups excluding tert-OH is 1. The maximum atomic E-state index is 12.8. The molecule has 140 valence electrons. The van der Waals surface area contributed by atoms with Gasteiger partial charge in [0.05, 0.1) is 30.8 Å². The van der Waals surface area contributed by atoms with Crippen LogP contribution in [0.2, 0.25) is 0 Å². The third kappa shape index (κ3) is 3.60. The molecule has 26 heavy (non-hydrogen) atoms. The molecule has 0 fully saturated rings. The van der Waals surface area contributed by atoms with Gasteiger partial charge in [-0.1, -0.05) is 19.1 Å². The normalized spacial score (nSPS) is 15.5. The average molecular weight is 362 g/mol. The van der Waals surface area contributed by atoms with Crippen molar-refractivity contribution in [1.82, 2.24) is 9.80 Å². The number of nitrogens with zero attached hydrogens (tertiary/aromatic N) is 2. The third-order valence-corrected chi connectivity index (χ3v) is 4.35. The summed E-state index contributed by atoms with van der Waals surface area (Å²) in [5.74, 6) is -2.68. The standard InChI is InChI=1S/C18H22N2O6/c1-11(18(25)26-3)10-19(8-9-21)15(22)12(2)20-16(23)13-6-4-5-7-14(13)17(20)24/h4-7,11-12,21H,8-10H2,1-3H3. The molecule has 2 unspecified atom stereocenters. The number of benzene rings is 1. The molecule has 1 heterocycles. The SMILES string of the molecule is COC(=O)C(C)CN(CCO)C(=O)C(C)N1C(=O)c2ccccc2C1=O. The Bertz CT molecular complexity index is 697. The summed E-state index contributed by atoms with van der Waals surface area (Å²) >= 11 is 0. The van der Waals surface area contributed by atoms with Crippen molar-refractivity contribution < 1.29 is 29.0 Å². The van der Waals surface area contributed by atoms with E-state index in [1.165, 1.54) is 31.1 Å². The van der Waals surface area contributed by atoms with E-state index in [0.29, 0.717) is 0 Å². The van der Waals surface area contributed by atoms with Crippen molar-refractivity contribution in [1.29, 1.82) is 0 Å². The molecule has 0 radical (unpaired) electrons. The summed E-state index contributed by atoms with van der Waals surface area (Å²) in [6.07, 6.45) is 0. The minimum Gasteiger partial charge on any atom is -0.469 e. The van der Waals surface area contributed by atoms with Crippen LogP contribution < -0.4 is 0 Å². The van der Waals surface area contributed by atoms with Crippen LogP contribution in [0.25, 0.3) is 0 Å². The topological polar surface area (TPSA) is 104 Å². The predicted octanol–water partition coefficient (Wildman–Crippen LogP) is 0.301. The zero-order valence-electron chi connectivity index (χ0n) is 15.0. The van der Waals surface area contributed by atoms with Gasteiger partial charge in [-0.15, -0.1) is 0 Å². The number of hydrogen-bond donors (Lipinski definition) is 1. The number of carbonyl (C=O) groups is 4. The highest BCUT2D eigenvalue weighted by Gasteiger charge is 2.41. The van der Waals surface area contributed by atoms with E-state index >= 15 is 0 Å². The van der Waals surface area contributed by atoms with Crippen LogP contribution in [-0.4, -0.2) is 71.4 Å². The van der Waals surface area contributed by atoms with Gasteiger partial charge in [0.15, 0.2) is 0 Å². The van der Waals surface area contributed by atoms with Gasteiger partial charge in [0, 0.05) is 13.1 Å². The molecule has 8 nitrogen and oxygen atoms in total. The van der Waals surface area contributed by atoms with Gasteiger partial charge in [-0.25, -0.2) is 0 Å². The van der Waals surface area contributed by atoms with Crippen LogP contribution in [0.4, 0.5) is 0 Å². The first kappa shape index (κ1) is 19.6. The highest BCUT2D eigenvalue weighted by Crippen LogP contribution is 2.25. The molecule has 1 aromatic carbocycles. The fourth-order valence-electron chi connectivity index (χ4n) is 2.95. The van der Waals surface area contributed by atoms with E-state index in [9.17, 15) is 24.3 Å². The Kier molecular flexibility index (Phi) is 6.10. The van der Waals surface area contributed by atoms with Crippen LogP contribution in [0.5, 0.6) is 0 Å². The summed E-state index contributed by atoms with van der Waals surface area (Å²) in [6, 6.07) is 5.32. The lowest BCUT2D eigenvalue weighted by atomic mass is 10.1. The molecule has 2 rings (SSSR count). The first-order valence-corrected chi connectivity index (χ1v) is 8.27. The number of esters is 1. The van der Waals surface area contributed by atoms with Gasteiger partial charge < -0.3 is 14.7 Å². The first-order chi connectivity index (χ1) is 12.3. The van der Waals surface area contributed by atoms with E-state index < -0.39 is 35.7 Å². The maximum Gasteiger partial charge on any atom is 0.310 e. The number of methoxy groups -OCH3 is 1. The summed E-state index contributed by atoms with van der Waals surface area (Å²) in [5.41, 5.74) is 0.516. The number of hydrogen-bond acceptors (Lipinski definition) is 6. The quantitative estimate of drug-likeness (QED) is 0.553. The summed E-state index contributed by atoms with van der Waals surface area (Å²) in [4.78, 5) is 51.7. The van der Waals surface area contributed by atoms with Crippen LogP contribution in [0.15, 0.2) is 24.3 Å². The Balaban J connectivity index is 2.20. The monoisotopic (exact) mass is 362 g/mol. The third-order valence-electron chi connectivity index (χ3n) is 4.35. The van der Waals surface area contributed by atoms with E-state index in [1.54, 1.807) is 19.1 Å². The van der Waals surface area contributed by atoms with Crippen LogP contribution in [0.3, 0.4) is 0 Å². The van der Waals surface area contributed by atoms with Crippen molar-refractivity contribution in [2.75, 3.05) is 26.8 Å². The Morgan fingerprint density at radius 3 is 2.15 bits per heavy atom. The molecule has 1 aliphatic rings. The molecule has 0 spiro atoms. The number of ether oxygens (including phenoxy) is 1. The van der Waals surface area contributed by atoms with Gasteiger partial charge in [0.25, 0.3) is 11.8 Å². The highest BCUT2D eigenvalue weighted by atomic mass is 16.5. The molecule has 0 saturated heterocycles. The van der Waals surface area contributed by atoms with Gasteiger partial charge in [0.1, 0.15) is 6.04 Å². The average Bonchev–Trinajstić information content (AvgIpc) is 2.90. The number of carbonyl (C=O) groups excluding carboxylic acids is 4. The minimum atomic E-state index is -1.06. The number of amides is 3. The van der Waals surface area contributed by atoms with Gasteiger partial charge >= 0.3 is 5.97 Å². The molecule has 0 saturated carbocycles. The minimum absolute atomic E-state index is 0.0135. The van der Waals surface area contributed by atoms with Crippen molar-refractivity contribution >= 4 is 23.7 Å². The summed E-state index contributed by atoms with van der Waals surface area (Å²) in [7, 11) is 1.25. The molecular weight excluding hydrogens is 340 g/mol.